The lowest BCUT2D eigenvalue weighted by Gasteiger charge is -2.27. The minimum atomic E-state index is -3.13. The number of carbonyl (C=O) groups excluding carboxylic acids is 1. The molecule has 102 valence electrons. The van der Waals surface area contributed by atoms with E-state index in [-0.39, 0.29) is 0 Å². The van der Waals surface area contributed by atoms with Gasteiger partial charge < -0.3 is 18.0 Å². The fourth-order valence-electron chi connectivity index (χ4n) is 1.16. The Balaban J connectivity index is 4.46. The molecule has 0 heterocycles. The monoisotopic (exact) mass is 265 g/mol. The molecule has 0 aliphatic heterocycles. The third-order valence-corrected chi connectivity index (χ3v) is 4.21. The first kappa shape index (κ1) is 16.4. The van der Waals surface area contributed by atoms with Crippen molar-refractivity contribution in [2.45, 2.75) is 34.1 Å². The van der Waals surface area contributed by atoms with Gasteiger partial charge in [0.25, 0.3) is 0 Å². The smallest absolute Gasteiger partial charge is 0.450 e. The number of rotatable bonds is 9. The molecule has 0 aliphatic rings. The van der Waals surface area contributed by atoms with Gasteiger partial charge >= 0.3 is 15.1 Å². The molecule has 17 heavy (non-hydrogen) atoms. The standard InChI is InChI=1S/C10H23NO5Si/c1-5-9-13-10(12)11-17(14-6-2,15-7-3)16-8-4/h5-9H2,1-4H3,(H,11,12). The van der Waals surface area contributed by atoms with E-state index in [4.69, 9.17) is 18.0 Å². The molecular formula is C10H23NO5Si. The number of amides is 1. The Morgan fingerprint density at radius 3 is 1.82 bits per heavy atom. The normalized spacial score (nSPS) is 11.3. The second-order valence-corrected chi connectivity index (χ2v) is 5.34. The van der Waals surface area contributed by atoms with Gasteiger partial charge in [-0.15, -0.1) is 0 Å². The minimum absolute atomic E-state index is 0.362. The number of nitrogens with one attached hydrogen (secondary N) is 1. The predicted octanol–water partition coefficient (Wildman–Crippen LogP) is 1.67. The van der Waals surface area contributed by atoms with Crippen LogP contribution in [0.3, 0.4) is 0 Å². The van der Waals surface area contributed by atoms with Crippen LogP contribution in [0.1, 0.15) is 34.1 Å². The Hall–Kier alpha value is -0.633. The molecule has 0 fully saturated rings. The van der Waals surface area contributed by atoms with Crippen LogP contribution in [0.2, 0.25) is 0 Å². The van der Waals surface area contributed by atoms with Crippen molar-refractivity contribution in [1.82, 2.24) is 4.98 Å². The zero-order chi connectivity index (χ0) is 13.1. The average molecular weight is 265 g/mol. The first-order valence-corrected chi connectivity index (χ1v) is 7.73. The summed E-state index contributed by atoms with van der Waals surface area (Å²) >= 11 is 0. The number of carbonyl (C=O) groups is 1. The summed E-state index contributed by atoms with van der Waals surface area (Å²) in [5, 5.41) is 0. The summed E-state index contributed by atoms with van der Waals surface area (Å²) in [6, 6.07) is 0. The molecule has 0 unspecified atom stereocenters. The summed E-state index contributed by atoms with van der Waals surface area (Å²) in [6.45, 7) is 8.95. The highest BCUT2D eigenvalue weighted by Gasteiger charge is 2.44. The van der Waals surface area contributed by atoms with Crippen molar-refractivity contribution in [2.75, 3.05) is 26.4 Å². The Morgan fingerprint density at radius 1 is 1.00 bits per heavy atom. The summed E-state index contributed by atoms with van der Waals surface area (Å²) < 4.78 is 21.3. The predicted molar refractivity (Wildman–Crippen MR) is 65.4 cm³/mol. The van der Waals surface area contributed by atoms with Gasteiger partial charge in [-0.3, -0.25) is 4.98 Å². The van der Waals surface area contributed by atoms with E-state index in [0.29, 0.717) is 26.4 Å². The second-order valence-electron chi connectivity index (χ2n) is 3.12. The van der Waals surface area contributed by atoms with E-state index in [1.165, 1.54) is 0 Å². The van der Waals surface area contributed by atoms with Gasteiger partial charge in [-0.25, -0.2) is 4.79 Å². The molecule has 1 amide bonds. The molecule has 0 spiro atoms. The van der Waals surface area contributed by atoms with Crippen LogP contribution in [0.5, 0.6) is 0 Å². The van der Waals surface area contributed by atoms with Gasteiger partial charge in [0, 0.05) is 19.8 Å². The van der Waals surface area contributed by atoms with E-state index < -0.39 is 15.1 Å². The zero-order valence-corrected chi connectivity index (χ0v) is 12.1. The van der Waals surface area contributed by atoms with Crippen LogP contribution >= 0.6 is 0 Å². The lowest BCUT2D eigenvalue weighted by atomic mass is 10.5. The van der Waals surface area contributed by atoms with Gasteiger partial charge in [-0.1, -0.05) is 6.92 Å². The molecular weight excluding hydrogens is 242 g/mol. The maximum atomic E-state index is 11.5. The molecule has 6 nitrogen and oxygen atoms in total. The lowest BCUT2D eigenvalue weighted by Crippen LogP contribution is -2.61. The lowest BCUT2D eigenvalue weighted by molar-refractivity contribution is 0.0564. The first-order valence-electron chi connectivity index (χ1n) is 6.00. The van der Waals surface area contributed by atoms with E-state index in [1.807, 2.05) is 27.7 Å². The van der Waals surface area contributed by atoms with Crippen molar-refractivity contribution < 1.29 is 22.8 Å². The van der Waals surface area contributed by atoms with Crippen LogP contribution in [0.25, 0.3) is 0 Å². The van der Waals surface area contributed by atoms with Gasteiger partial charge in [0.1, 0.15) is 0 Å². The van der Waals surface area contributed by atoms with E-state index in [0.717, 1.165) is 6.42 Å². The molecule has 0 rings (SSSR count). The SMILES string of the molecule is CCCOC(=O)N[Si](OCC)(OCC)OCC. The molecule has 0 radical (unpaired) electrons. The van der Waals surface area contributed by atoms with Crippen molar-refractivity contribution in [3.8, 4) is 0 Å². The van der Waals surface area contributed by atoms with Crippen molar-refractivity contribution in [3.63, 3.8) is 0 Å². The van der Waals surface area contributed by atoms with Crippen LogP contribution in [0.15, 0.2) is 0 Å². The molecule has 0 saturated carbocycles. The Labute approximate surface area is 104 Å². The van der Waals surface area contributed by atoms with Crippen molar-refractivity contribution >= 4 is 15.1 Å². The van der Waals surface area contributed by atoms with Gasteiger partial charge in [0.05, 0.1) is 6.61 Å². The summed E-state index contributed by atoms with van der Waals surface area (Å²) in [7, 11) is -3.13. The molecule has 0 saturated heterocycles. The summed E-state index contributed by atoms with van der Waals surface area (Å²) in [5.74, 6) is 0. The maximum absolute atomic E-state index is 11.5. The van der Waals surface area contributed by atoms with E-state index >= 15 is 0 Å². The highest BCUT2D eigenvalue weighted by molar-refractivity contribution is 6.60. The van der Waals surface area contributed by atoms with Gasteiger partial charge in [0.2, 0.25) is 0 Å². The number of hydrogen-bond donors (Lipinski definition) is 1. The molecule has 7 heteroatoms. The molecule has 0 aromatic heterocycles. The van der Waals surface area contributed by atoms with E-state index in [1.54, 1.807) is 0 Å². The van der Waals surface area contributed by atoms with E-state index in [2.05, 4.69) is 4.98 Å². The third-order valence-electron chi connectivity index (χ3n) is 1.70. The van der Waals surface area contributed by atoms with Gasteiger partial charge in [-0.05, 0) is 27.2 Å². The Kier molecular flexibility index (Phi) is 9.05. The fraction of sp³-hybridized carbons (Fsp3) is 0.900. The quantitative estimate of drug-likeness (QED) is 0.642. The Bertz CT molecular complexity index is 198. The maximum Gasteiger partial charge on any atom is 0.636 e. The Morgan fingerprint density at radius 2 is 1.47 bits per heavy atom. The van der Waals surface area contributed by atoms with Crippen LogP contribution in [-0.2, 0) is 18.0 Å². The van der Waals surface area contributed by atoms with Crippen LogP contribution in [0, 0.1) is 0 Å². The topological polar surface area (TPSA) is 66.0 Å². The summed E-state index contributed by atoms with van der Waals surface area (Å²) in [4.78, 5) is 14.1. The molecule has 0 aromatic rings. The van der Waals surface area contributed by atoms with Gasteiger partial charge in [-0.2, -0.15) is 0 Å². The van der Waals surface area contributed by atoms with Crippen LogP contribution < -0.4 is 4.98 Å². The second kappa shape index (κ2) is 9.40. The number of hydrogen-bond acceptors (Lipinski definition) is 5. The summed E-state index contributed by atoms with van der Waals surface area (Å²) in [5.41, 5.74) is 0. The van der Waals surface area contributed by atoms with Crippen molar-refractivity contribution in [1.29, 1.82) is 0 Å². The molecule has 1 N–H and O–H groups in total. The number of ether oxygens (including phenoxy) is 1. The molecule has 0 atom stereocenters. The molecule has 0 aliphatic carbocycles. The minimum Gasteiger partial charge on any atom is -0.450 e. The largest absolute Gasteiger partial charge is 0.636 e. The fourth-order valence-corrected chi connectivity index (χ4v) is 3.09. The third kappa shape index (κ3) is 6.62. The zero-order valence-electron chi connectivity index (χ0n) is 11.1. The average Bonchev–Trinajstić information content (AvgIpc) is 2.27. The molecule has 0 aromatic carbocycles. The highest BCUT2D eigenvalue weighted by atomic mass is 28.4. The van der Waals surface area contributed by atoms with Crippen LogP contribution in [-0.4, -0.2) is 41.5 Å². The first-order chi connectivity index (χ1) is 8.14. The summed E-state index contributed by atoms with van der Waals surface area (Å²) in [6.07, 6.45) is 0.203. The van der Waals surface area contributed by atoms with Crippen LogP contribution in [0.4, 0.5) is 4.79 Å². The highest BCUT2D eigenvalue weighted by Crippen LogP contribution is 2.06. The van der Waals surface area contributed by atoms with Gasteiger partial charge in [0.15, 0.2) is 0 Å². The molecule has 0 bridgehead atoms. The van der Waals surface area contributed by atoms with Crippen molar-refractivity contribution in [3.05, 3.63) is 0 Å². The van der Waals surface area contributed by atoms with Crippen molar-refractivity contribution in [2.24, 2.45) is 0 Å². The van der Waals surface area contributed by atoms with E-state index in [9.17, 15) is 4.79 Å².